The first kappa shape index (κ1) is 9.79. The number of benzene rings is 1. The Bertz CT molecular complexity index is 556. The van der Waals surface area contributed by atoms with Crippen LogP contribution < -0.4 is 0 Å². The first-order chi connectivity index (χ1) is 7.20. The molecule has 0 aliphatic rings. The van der Waals surface area contributed by atoms with E-state index in [0.717, 1.165) is 17.7 Å². The van der Waals surface area contributed by atoms with Gasteiger partial charge in [0.15, 0.2) is 0 Å². The fourth-order valence-electron chi connectivity index (χ4n) is 2.23. The molecule has 15 heavy (non-hydrogen) atoms. The summed E-state index contributed by atoms with van der Waals surface area (Å²) in [5.74, 6) is 0. The van der Waals surface area contributed by atoms with E-state index in [-0.39, 0.29) is 0 Å². The van der Waals surface area contributed by atoms with Gasteiger partial charge in [0.2, 0.25) is 0 Å². The minimum atomic E-state index is 0.769. The van der Waals surface area contributed by atoms with Crippen LogP contribution >= 0.6 is 0 Å². The van der Waals surface area contributed by atoms with E-state index in [4.69, 9.17) is 5.26 Å². The summed E-state index contributed by atoms with van der Waals surface area (Å²) in [5.41, 5.74) is 4.37. The molecule has 0 fully saturated rings. The van der Waals surface area contributed by atoms with Gasteiger partial charge in [0.05, 0.1) is 5.52 Å². The molecule has 0 unspecified atom stereocenters. The van der Waals surface area contributed by atoms with Crippen molar-refractivity contribution >= 4 is 10.9 Å². The lowest BCUT2D eigenvalue weighted by atomic mass is 10.1. The third-order valence-corrected chi connectivity index (χ3v) is 3.04. The monoisotopic (exact) mass is 198 g/mol. The Morgan fingerprint density at radius 2 is 2.13 bits per heavy atom. The normalized spacial score (nSPS) is 10.5. The summed E-state index contributed by atoms with van der Waals surface area (Å²) in [7, 11) is 1.97. The smallest absolute Gasteiger partial charge is 0.124 e. The molecule has 2 rings (SSSR count). The lowest BCUT2D eigenvalue weighted by Crippen LogP contribution is -1.94. The Hall–Kier alpha value is -1.75. The second kappa shape index (κ2) is 3.43. The van der Waals surface area contributed by atoms with Gasteiger partial charge in [-0.05, 0) is 24.5 Å². The fourth-order valence-corrected chi connectivity index (χ4v) is 2.23. The van der Waals surface area contributed by atoms with Gasteiger partial charge in [-0.2, -0.15) is 5.26 Å². The molecule has 1 aromatic heterocycles. The van der Waals surface area contributed by atoms with Crippen LogP contribution in [-0.2, 0) is 13.5 Å². The zero-order valence-corrected chi connectivity index (χ0v) is 9.33. The van der Waals surface area contributed by atoms with Crippen LogP contribution in [0.25, 0.3) is 10.9 Å². The molecular formula is C13H14N2. The number of fused-ring (bicyclic) bond motifs is 1. The summed E-state index contributed by atoms with van der Waals surface area (Å²) in [4.78, 5) is 0. The molecular weight excluding hydrogens is 184 g/mol. The summed E-state index contributed by atoms with van der Waals surface area (Å²) in [6.07, 6.45) is 1.000. The highest BCUT2D eigenvalue weighted by molar-refractivity contribution is 5.88. The number of nitrogens with zero attached hydrogens (tertiary/aromatic N) is 2. The van der Waals surface area contributed by atoms with Crippen LogP contribution in [0.4, 0.5) is 0 Å². The molecule has 0 spiro atoms. The maximum absolute atomic E-state index is 9.09. The first-order valence-electron chi connectivity index (χ1n) is 5.17. The summed E-state index contributed by atoms with van der Waals surface area (Å²) in [6.45, 7) is 4.16. The standard InChI is InChI=1S/C13H14N2/c1-4-10-6-5-7-11-9(2)12(8-14)15(3)13(10)11/h5-7H,4H2,1-3H3. The average Bonchev–Trinajstić information content (AvgIpc) is 2.51. The molecule has 0 radical (unpaired) electrons. The van der Waals surface area contributed by atoms with Gasteiger partial charge in [0.25, 0.3) is 0 Å². The van der Waals surface area contributed by atoms with Crippen molar-refractivity contribution in [1.82, 2.24) is 4.57 Å². The van der Waals surface area contributed by atoms with E-state index in [1.807, 2.05) is 18.5 Å². The highest BCUT2D eigenvalue weighted by Crippen LogP contribution is 2.27. The van der Waals surface area contributed by atoms with Gasteiger partial charge in [-0.25, -0.2) is 0 Å². The van der Waals surface area contributed by atoms with Gasteiger partial charge in [-0.3, -0.25) is 0 Å². The minimum absolute atomic E-state index is 0.769. The quantitative estimate of drug-likeness (QED) is 0.692. The molecule has 0 amide bonds. The Kier molecular flexibility index (Phi) is 2.24. The summed E-state index contributed by atoms with van der Waals surface area (Å²) in [6, 6.07) is 8.55. The van der Waals surface area contributed by atoms with E-state index >= 15 is 0 Å². The van der Waals surface area contributed by atoms with E-state index in [9.17, 15) is 0 Å². The number of rotatable bonds is 1. The van der Waals surface area contributed by atoms with Gasteiger partial charge in [-0.1, -0.05) is 25.1 Å². The number of hydrogen-bond acceptors (Lipinski definition) is 1. The maximum Gasteiger partial charge on any atom is 0.124 e. The van der Waals surface area contributed by atoms with Gasteiger partial charge in [0.1, 0.15) is 11.8 Å². The van der Waals surface area contributed by atoms with Crippen molar-refractivity contribution in [3.8, 4) is 6.07 Å². The SMILES string of the molecule is CCc1cccc2c(C)c(C#N)n(C)c12. The predicted octanol–water partition coefficient (Wildman–Crippen LogP) is 2.92. The Morgan fingerprint density at radius 3 is 2.73 bits per heavy atom. The third kappa shape index (κ3) is 1.24. The van der Waals surface area contributed by atoms with Gasteiger partial charge < -0.3 is 4.57 Å². The van der Waals surface area contributed by atoms with Crippen molar-refractivity contribution in [2.45, 2.75) is 20.3 Å². The molecule has 0 saturated heterocycles. The molecule has 0 N–H and O–H groups in total. The van der Waals surface area contributed by atoms with E-state index in [1.54, 1.807) is 0 Å². The molecule has 0 aliphatic carbocycles. The van der Waals surface area contributed by atoms with E-state index in [0.29, 0.717) is 0 Å². The molecule has 2 aromatic rings. The Labute approximate surface area is 89.7 Å². The molecule has 1 aromatic carbocycles. The number of nitriles is 1. The van der Waals surface area contributed by atoms with Crippen molar-refractivity contribution in [3.63, 3.8) is 0 Å². The number of aromatic nitrogens is 1. The second-order valence-electron chi connectivity index (χ2n) is 3.81. The third-order valence-electron chi connectivity index (χ3n) is 3.04. The summed E-state index contributed by atoms with van der Waals surface area (Å²) in [5, 5.41) is 10.3. The van der Waals surface area contributed by atoms with Crippen LogP contribution in [0.15, 0.2) is 18.2 Å². The van der Waals surface area contributed by atoms with Gasteiger partial charge in [0, 0.05) is 12.4 Å². The van der Waals surface area contributed by atoms with Crippen molar-refractivity contribution < 1.29 is 0 Å². The molecule has 0 bridgehead atoms. The highest BCUT2D eigenvalue weighted by atomic mass is 14.9. The van der Waals surface area contributed by atoms with Crippen molar-refractivity contribution in [1.29, 1.82) is 5.26 Å². The minimum Gasteiger partial charge on any atom is -0.335 e. The molecule has 76 valence electrons. The molecule has 2 heteroatoms. The van der Waals surface area contributed by atoms with E-state index in [1.165, 1.54) is 16.5 Å². The zero-order valence-electron chi connectivity index (χ0n) is 9.33. The summed E-state index contributed by atoms with van der Waals surface area (Å²) < 4.78 is 2.00. The van der Waals surface area contributed by atoms with E-state index < -0.39 is 0 Å². The predicted molar refractivity (Wildman–Crippen MR) is 61.7 cm³/mol. The van der Waals surface area contributed by atoms with Crippen molar-refractivity contribution in [2.24, 2.45) is 7.05 Å². The number of hydrogen-bond donors (Lipinski definition) is 0. The second-order valence-corrected chi connectivity index (χ2v) is 3.81. The van der Waals surface area contributed by atoms with Gasteiger partial charge >= 0.3 is 0 Å². The first-order valence-corrected chi connectivity index (χ1v) is 5.17. The van der Waals surface area contributed by atoms with Gasteiger partial charge in [-0.15, -0.1) is 0 Å². The fraction of sp³-hybridized carbons (Fsp3) is 0.308. The van der Waals surface area contributed by atoms with Crippen LogP contribution in [0.1, 0.15) is 23.7 Å². The number of aryl methyl sites for hydroxylation is 3. The molecule has 1 heterocycles. The van der Waals surface area contributed by atoms with Crippen LogP contribution in [0.3, 0.4) is 0 Å². The van der Waals surface area contributed by atoms with E-state index in [2.05, 4.69) is 31.2 Å². The molecule has 0 atom stereocenters. The van der Waals surface area contributed by atoms with Crippen LogP contribution in [-0.4, -0.2) is 4.57 Å². The molecule has 0 aliphatic heterocycles. The molecule has 2 nitrogen and oxygen atoms in total. The van der Waals surface area contributed by atoms with Crippen LogP contribution in [0, 0.1) is 18.3 Å². The zero-order chi connectivity index (χ0) is 11.0. The topological polar surface area (TPSA) is 28.7 Å². The molecule has 0 saturated carbocycles. The highest BCUT2D eigenvalue weighted by Gasteiger charge is 2.12. The summed E-state index contributed by atoms with van der Waals surface area (Å²) >= 11 is 0. The Morgan fingerprint density at radius 1 is 1.40 bits per heavy atom. The lowest BCUT2D eigenvalue weighted by Gasteiger charge is -2.03. The largest absolute Gasteiger partial charge is 0.335 e. The Balaban J connectivity index is 2.97. The number of para-hydroxylation sites is 1. The van der Waals surface area contributed by atoms with Crippen molar-refractivity contribution in [2.75, 3.05) is 0 Å². The van der Waals surface area contributed by atoms with Crippen LogP contribution in [0.5, 0.6) is 0 Å². The van der Waals surface area contributed by atoms with Crippen LogP contribution in [0.2, 0.25) is 0 Å². The van der Waals surface area contributed by atoms with Crippen molar-refractivity contribution in [3.05, 3.63) is 35.0 Å². The average molecular weight is 198 g/mol. The lowest BCUT2D eigenvalue weighted by molar-refractivity contribution is 0.930. The maximum atomic E-state index is 9.09.